The molecule has 0 aliphatic carbocycles. The lowest BCUT2D eigenvalue weighted by Gasteiger charge is -2.32. The summed E-state index contributed by atoms with van der Waals surface area (Å²) in [5.74, 6) is 1.20. The predicted molar refractivity (Wildman–Crippen MR) is 111 cm³/mol. The maximum absolute atomic E-state index is 10.0. The number of rotatable bonds is 3. The molecule has 4 rings (SSSR count). The summed E-state index contributed by atoms with van der Waals surface area (Å²) in [7, 11) is 0. The number of pyridine rings is 1. The van der Waals surface area contributed by atoms with E-state index in [0.29, 0.717) is 11.1 Å². The van der Waals surface area contributed by atoms with Crippen molar-refractivity contribution in [2.45, 2.75) is 31.5 Å². The fourth-order valence-corrected chi connectivity index (χ4v) is 5.84. The molecule has 0 amide bonds. The van der Waals surface area contributed by atoms with Crippen LogP contribution in [0.15, 0.2) is 41.5 Å². The monoisotopic (exact) mass is 485 g/mol. The lowest BCUT2D eigenvalue weighted by Crippen LogP contribution is -2.35. The number of hydrogen-bond acceptors (Lipinski definition) is 5. The van der Waals surface area contributed by atoms with Crippen LogP contribution < -0.4 is 0 Å². The number of halogens is 2. The summed E-state index contributed by atoms with van der Waals surface area (Å²) < 4.78 is 0.758. The van der Waals surface area contributed by atoms with Gasteiger partial charge in [-0.3, -0.25) is 9.98 Å². The van der Waals surface area contributed by atoms with Gasteiger partial charge >= 0.3 is 0 Å². The molecular weight excluding hydrogens is 469 g/mol. The Morgan fingerprint density at radius 3 is 2.92 bits per heavy atom. The molecule has 0 radical (unpaired) electrons. The average Bonchev–Trinajstić information content (AvgIpc) is 3.18. The largest absolute Gasteiger partial charge is 0.505 e. The molecule has 130 valence electrons. The highest BCUT2D eigenvalue weighted by atomic mass is 127. The van der Waals surface area contributed by atoms with Crippen molar-refractivity contribution in [3.63, 3.8) is 0 Å². The molecule has 25 heavy (non-hydrogen) atoms. The van der Waals surface area contributed by atoms with Crippen LogP contribution in [0.2, 0.25) is 5.02 Å². The molecular formula is C18H17ClIN3OS. The van der Waals surface area contributed by atoms with E-state index in [4.69, 9.17) is 16.6 Å². The van der Waals surface area contributed by atoms with E-state index in [2.05, 4.69) is 39.4 Å². The first-order chi connectivity index (χ1) is 12.1. The van der Waals surface area contributed by atoms with Crippen LogP contribution in [0.3, 0.4) is 0 Å². The van der Waals surface area contributed by atoms with Crippen LogP contribution in [0.5, 0.6) is 5.75 Å². The molecule has 1 N–H and O–H groups in total. The smallest absolute Gasteiger partial charge is 0.160 e. The van der Waals surface area contributed by atoms with Crippen molar-refractivity contribution in [1.29, 1.82) is 0 Å². The Balaban J connectivity index is 1.83. The van der Waals surface area contributed by atoms with Crippen molar-refractivity contribution in [2.75, 3.05) is 5.75 Å². The Labute approximate surface area is 169 Å². The number of phenols is 1. The highest BCUT2D eigenvalue weighted by Crippen LogP contribution is 2.49. The fourth-order valence-electron chi connectivity index (χ4n) is 3.47. The number of fused-ring (bicyclic) bond motifs is 1. The van der Waals surface area contributed by atoms with Crippen LogP contribution in [-0.2, 0) is 0 Å². The zero-order chi connectivity index (χ0) is 17.6. The summed E-state index contributed by atoms with van der Waals surface area (Å²) in [5.41, 5.74) is 2.03. The zero-order valence-corrected chi connectivity index (χ0v) is 17.3. The molecule has 1 fully saturated rings. The van der Waals surface area contributed by atoms with Crippen LogP contribution in [0.25, 0.3) is 0 Å². The van der Waals surface area contributed by atoms with E-state index in [1.165, 1.54) is 0 Å². The molecule has 3 heterocycles. The quantitative estimate of drug-likeness (QED) is 0.620. The molecule has 1 saturated heterocycles. The summed E-state index contributed by atoms with van der Waals surface area (Å²) in [5, 5.41) is 11.5. The van der Waals surface area contributed by atoms with Crippen LogP contribution >= 0.6 is 46.0 Å². The molecule has 0 saturated carbocycles. The van der Waals surface area contributed by atoms with Crippen molar-refractivity contribution >= 4 is 51.1 Å². The molecule has 3 atom stereocenters. The van der Waals surface area contributed by atoms with Gasteiger partial charge < -0.3 is 10.0 Å². The van der Waals surface area contributed by atoms with Crippen molar-refractivity contribution < 1.29 is 5.11 Å². The van der Waals surface area contributed by atoms with Gasteiger partial charge in [0.1, 0.15) is 11.8 Å². The highest BCUT2D eigenvalue weighted by Gasteiger charge is 2.45. The molecule has 1 aromatic heterocycles. The van der Waals surface area contributed by atoms with Crippen LogP contribution in [0.4, 0.5) is 0 Å². The Bertz CT molecular complexity index is 809. The number of phenolic OH excluding ortho intramolecular Hbond substituents is 1. The van der Waals surface area contributed by atoms with E-state index in [1.54, 1.807) is 0 Å². The standard InChI is InChI=1S/C18H17ClIN3OS/c1-2-11-9-25-18-22-15(14-5-3-4-6-21-14)16(23(11)18)10-7-12(19)17(24)13(20)8-10/h3-8,11,15-16,24H,2,9H2,1H3/t11-,15+,16+/m0/s1. The van der Waals surface area contributed by atoms with E-state index in [1.807, 2.05) is 48.3 Å². The van der Waals surface area contributed by atoms with Crippen LogP contribution in [0, 0.1) is 3.57 Å². The summed E-state index contributed by atoms with van der Waals surface area (Å²) in [6, 6.07) is 10.3. The van der Waals surface area contributed by atoms with Crippen molar-refractivity contribution in [2.24, 2.45) is 4.99 Å². The molecule has 2 aliphatic rings. The first-order valence-corrected chi connectivity index (χ1v) is 10.6. The minimum absolute atomic E-state index is 0.0523. The maximum atomic E-state index is 10.0. The molecule has 2 aromatic rings. The van der Waals surface area contributed by atoms with E-state index in [9.17, 15) is 5.11 Å². The number of hydrogen-bond donors (Lipinski definition) is 1. The van der Waals surface area contributed by atoms with Gasteiger partial charge in [0, 0.05) is 18.0 Å². The molecule has 0 bridgehead atoms. The van der Waals surface area contributed by atoms with Crippen molar-refractivity contribution in [3.05, 3.63) is 56.4 Å². The first-order valence-electron chi connectivity index (χ1n) is 8.18. The van der Waals surface area contributed by atoms with E-state index < -0.39 is 0 Å². The van der Waals surface area contributed by atoms with Gasteiger partial charge in [-0.2, -0.15) is 0 Å². The van der Waals surface area contributed by atoms with Gasteiger partial charge in [0.25, 0.3) is 0 Å². The van der Waals surface area contributed by atoms with Gasteiger partial charge in [-0.05, 0) is 58.8 Å². The molecule has 7 heteroatoms. The Morgan fingerprint density at radius 1 is 1.40 bits per heavy atom. The number of thioether (sulfide) groups is 1. The summed E-state index contributed by atoms with van der Waals surface area (Å²) in [6.07, 6.45) is 2.88. The van der Waals surface area contributed by atoms with Gasteiger partial charge in [0.05, 0.1) is 20.3 Å². The minimum atomic E-state index is -0.0607. The number of aliphatic imine (C=N–C) groups is 1. The second-order valence-electron chi connectivity index (χ2n) is 6.17. The first kappa shape index (κ1) is 17.4. The van der Waals surface area contributed by atoms with Gasteiger partial charge in [-0.15, -0.1) is 0 Å². The molecule has 2 aliphatic heterocycles. The second kappa shape index (κ2) is 6.96. The van der Waals surface area contributed by atoms with Gasteiger partial charge in [0.2, 0.25) is 0 Å². The summed E-state index contributed by atoms with van der Waals surface area (Å²) in [6.45, 7) is 2.22. The van der Waals surface area contributed by atoms with Crippen molar-refractivity contribution in [3.8, 4) is 5.75 Å². The topological polar surface area (TPSA) is 48.7 Å². The molecule has 4 nitrogen and oxygen atoms in total. The fraction of sp³-hybridized carbons (Fsp3) is 0.333. The van der Waals surface area contributed by atoms with E-state index in [0.717, 1.165) is 32.2 Å². The zero-order valence-electron chi connectivity index (χ0n) is 13.6. The molecule has 0 unspecified atom stereocenters. The summed E-state index contributed by atoms with van der Waals surface area (Å²) in [4.78, 5) is 12.0. The minimum Gasteiger partial charge on any atom is -0.505 e. The van der Waals surface area contributed by atoms with E-state index >= 15 is 0 Å². The van der Waals surface area contributed by atoms with Gasteiger partial charge in [-0.1, -0.05) is 36.4 Å². The Kier molecular flexibility index (Phi) is 4.85. The maximum Gasteiger partial charge on any atom is 0.160 e. The number of nitrogens with zero attached hydrogens (tertiary/aromatic N) is 3. The van der Waals surface area contributed by atoms with Crippen molar-refractivity contribution in [1.82, 2.24) is 9.88 Å². The molecule has 0 spiro atoms. The Morgan fingerprint density at radius 2 is 2.24 bits per heavy atom. The normalized spacial score (nSPS) is 25.2. The van der Waals surface area contributed by atoms with Crippen LogP contribution in [0.1, 0.15) is 36.7 Å². The third-order valence-corrected chi connectivity index (χ3v) is 6.95. The highest BCUT2D eigenvalue weighted by molar-refractivity contribution is 14.1. The number of aromatic nitrogens is 1. The predicted octanol–water partition coefficient (Wildman–Crippen LogP) is 5.02. The van der Waals surface area contributed by atoms with Gasteiger partial charge in [0.15, 0.2) is 5.17 Å². The van der Waals surface area contributed by atoms with Gasteiger partial charge in [-0.25, -0.2) is 0 Å². The lowest BCUT2D eigenvalue weighted by molar-refractivity contribution is 0.255. The van der Waals surface area contributed by atoms with E-state index in [-0.39, 0.29) is 17.8 Å². The van der Waals surface area contributed by atoms with Crippen LogP contribution in [-0.4, -0.2) is 32.0 Å². The Hall–Kier alpha value is -0.990. The number of benzene rings is 1. The molecule has 1 aromatic carbocycles. The third kappa shape index (κ3) is 3.02. The number of amidine groups is 1. The second-order valence-corrected chi connectivity index (χ2v) is 8.73. The number of aromatic hydroxyl groups is 1. The average molecular weight is 486 g/mol. The SMILES string of the molecule is CC[C@H]1CSC2=N[C@H](c3ccccn3)[C@@H](c3cc(Cl)c(O)c(I)c3)N21. The third-order valence-electron chi connectivity index (χ3n) is 4.71. The summed E-state index contributed by atoms with van der Waals surface area (Å²) >= 11 is 10.2. The lowest BCUT2D eigenvalue weighted by atomic mass is 9.95.